The summed E-state index contributed by atoms with van der Waals surface area (Å²) >= 11 is 0. The number of amides is 1. The predicted octanol–water partition coefficient (Wildman–Crippen LogP) is 0.559. The third kappa shape index (κ3) is 4.10. The minimum absolute atomic E-state index is 0.201. The summed E-state index contributed by atoms with van der Waals surface area (Å²) in [6.07, 6.45) is 3.21. The van der Waals surface area contributed by atoms with E-state index in [-0.39, 0.29) is 12.5 Å². The summed E-state index contributed by atoms with van der Waals surface area (Å²) in [5.74, 6) is 0.570. The lowest BCUT2D eigenvalue weighted by Crippen LogP contribution is -2.38. The fourth-order valence-corrected chi connectivity index (χ4v) is 2.04. The molecule has 4 heteroatoms. The van der Waals surface area contributed by atoms with Crippen molar-refractivity contribution in [2.45, 2.75) is 26.2 Å². The summed E-state index contributed by atoms with van der Waals surface area (Å²) in [7, 11) is 1.87. The zero-order valence-corrected chi connectivity index (χ0v) is 10.5. The van der Waals surface area contributed by atoms with Crippen molar-refractivity contribution in [1.29, 1.82) is 0 Å². The maximum Gasteiger partial charge on any atom is 0.236 e. The Bertz CT molecular complexity index is 221. The molecule has 0 bridgehead atoms. The molecule has 1 aliphatic rings. The van der Waals surface area contributed by atoms with E-state index in [1.165, 1.54) is 0 Å². The molecule has 1 saturated heterocycles. The summed E-state index contributed by atoms with van der Waals surface area (Å²) < 4.78 is 0. The van der Waals surface area contributed by atoms with Crippen LogP contribution in [0, 0.1) is 5.92 Å². The lowest BCUT2D eigenvalue weighted by atomic mass is 10.1. The first-order valence-electron chi connectivity index (χ1n) is 6.24. The topological polar surface area (TPSA) is 43.8 Å². The van der Waals surface area contributed by atoms with Gasteiger partial charge in [-0.2, -0.15) is 0 Å². The number of hydrogen-bond donors (Lipinski definition) is 1. The molecular weight excluding hydrogens is 204 g/mol. The van der Waals surface area contributed by atoms with Gasteiger partial charge in [0.25, 0.3) is 0 Å². The van der Waals surface area contributed by atoms with E-state index in [0.29, 0.717) is 12.5 Å². The molecule has 4 nitrogen and oxygen atoms in total. The van der Waals surface area contributed by atoms with Crippen LogP contribution >= 0.6 is 0 Å². The molecule has 1 rings (SSSR count). The molecule has 0 aromatic rings. The van der Waals surface area contributed by atoms with Crippen LogP contribution in [0.3, 0.4) is 0 Å². The normalized spacial score (nSPS) is 21.3. The molecule has 0 saturated carbocycles. The maximum absolute atomic E-state index is 11.8. The predicted molar refractivity (Wildman–Crippen MR) is 64.2 cm³/mol. The van der Waals surface area contributed by atoms with Crippen LogP contribution in [0.2, 0.25) is 0 Å². The van der Waals surface area contributed by atoms with Crippen molar-refractivity contribution in [3.8, 4) is 0 Å². The summed E-state index contributed by atoms with van der Waals surface area (Å²) in [5, 5.41) is 9.02. The Hall–Kier alpha value is -0.610. The van der Waals surface area contributed by atoms with Gasteiger partial charge in [-0.05, 0) is 25.3 Å². The van der Waals surface area contributed by atoms with Gasteiger partial charge in [-0.1, -0.05) is 13.3 Å². The van der Waals surface area contributed by atoms with Gasteiger partial charge in [0.15, 0.2) is 0 Å². The van der Waals surface area contributed by atoms with Crippen LogP contribution in [-0.2, 0) is 4.79 Å². The number of carbonyl (C=O) groups is 1. The average molecular weight is 228 g/mol. The van der Waals surface area contributed by atoms with Crippen LogP contribution in [0.15, 0.2) is 0 Å². The molecule has 16 heavy (non-hydrogen) atoms. The third-order valence-electron chi connectivity index (χ3n) is 3.26. The summed E-state index contributed by atoms with van der Waals surface area (Å²) in [5.41, 5.74) is 0. The van der Waals surface area contributed by atoms with E-state index in [1.54, 1.807) is 0 Å². The third-order valence-corrected chi connectivity index (χ3v) is 3.26. The Kier molecular flexibility index (Phi) is 5.77. The van der Waals surface area contributed by atoms with Crippen molar-refractivity contribution in [3.63, 3.8) is 0 Å². The molecule has 1 atom stereocenters. The van der Waals surface area contributed by atoms with Crippen molar-refractivity contribution in [2.75, 3.05) is 39.8 Å². The second kappa shape index (κ2) is 6.86. The van der Waals surface area contributed by atoms with Gasteiger partial charge >= 0.3 is 0 Å². The number of likely N-dealkylation sites (N-methyl/N-ethyl adjacent to an activating group) is 1. The summed E-state index contributed by atoms with van der Waals surface area (Å²) in [6, 6.07) is 0. The van der Waals surface area contributed by atoms with Crippen LogP contribution in [0.4, 0.5) is 0 Å². The Morgan fingerprint density at radius 1 is 1.56 bits per heavy atom. The second-order valence-electron chi connectivity index (χ2n) is 4.74. The van der Waals surface area contributed by atoms with E-state index < -0.39 is 0 Å². The Morgan fingerprint density at radius 3 is 2.88 bits per heavy atom. The molecule has 1 heterocycles. The summed E-state index contributed by atoms with van der Waals surface area (Å²) in [6.45, 7) is 5.55. The van der Waals surface area contributed by atoms with Gasteiger partial charge in [0, 0.05) is 26.7 Å². The van der Waals surface area contributed by atoms with Crippen molar-refractivity contribution in [3.05, 3.63) is 0 Å². The van der Waals surface area contributed by atoms with Crippen molar-refractivity contribution in [1.82, 2.24) is 9.80 Å². The molecular formula is C12H24N2O2. The van der Waals surface area contributed by atoms with E-state index in [1.807, 2.05) is 11.9 Å². The summed E-state index contributed by atoms with van der Waals surface area (Å²) in [4.78, 5) is 15.8. The van der Waals surface area contributed by atoms with E-state index in [2.05, 4.69) is 11.8 Å². The molecule has 1 amide bonds. The van der Waals surface area contributed by atoms with Crippen molar-refractivity contribution < 1.29 is 9.90 Å². The van der Waals surface area contributed by atoms with Crippen LogP contribution in [0.25, 0.3) is 0 Å². The Balaban J connectivity index is 2.23. The average Bonchev–Trinajstić information content (AvgIpc) is 2.73. The van der Waals surface area contributed by atoms with E-state index in [0.717, 1.165) is 38.9 Å². The highest BCUT2D eigenvalue weighted by Crippen LogP contribution is 2.14. The first kappa shape index (κ1) is 13.5. The fourth-order valence-electron chi connectivity index (χ4n) is 2.04. The van der Waals surface area contributed by atoms with E-state index >= 15 is 0 Å². The zero-order chi connectivity index (χ0) is 12.0. The highest BCUT2D eigenvalue weighted by molar-refractivity contribution is 5.78. The lowest BCUT2D eigenvalue weighted by molar-refractivity contribution is -0.131. The second-order valence-corrected chi connectivity index (χ2v) is 4.74. The number of likely N-dealkylation sites (tertiary alicyclic amines) is 1. The first-order valence-corrected chi connectivity index (χ1v) is 6.24. The molecule has 0 spiro atoms. The van der Waals surface area contributed by atoms with Crippen LogP contribution in [-0.4, -0.2) is 60.6 Å². The minimum Gasteiger partial charge on any atom is -0.396 e. The van der Waals surface area contributed by atoms with Gasteiger partial charge in [-0.25, -0.2) is 0 Å². The first-order chi connectivity index (χ1) is 7.67. The number of aliphatic hydroxyl groups excluding tert-OH is 1. The van der Waals surface area contributed by atoms with Gasteiger partial charge in [-0.15, -0.1) is 0 Å². The van der Waals surface area contributed by atoms with Gasteiger partial charge < -0.3 is 10.0 Å². The monoisotopic (exact) mass is 228 g/mol. The number of nitrogens with zero attached hydrogens (tertiary/aromatic N) is 2. The van der Waals surface area contributed by atoms with Crippen LogP contribution < -0.4 is 0 Å². The van der Waals surface area contributed by atoms with E-state index in [4.69, 9.17) is 5.11 Å². The molecule has 0 aromatic carbocycles. The Labute approximate surface area is 98.2 Å². The SMILES string of the molecule is CCCCN(C)C(=O)CN1CC[C@H](CO)C1. The molecule has 0 unspecified atom stereocenters. The molecule has 1 fully saturated rings. The number of hydrogen-bond acceptors (Lipinski definition) is 3. The number of rotatable bonds is 6. The quantitative estimate of drug-likeness (QED) is 0.722. The fraction of sp³-hybridized carbons (Fsp3) is 0.917. The highest BCUT2D eigenvalue weighted by Gasteiger charge is 2.24. The lowest BCUT2D eigenvalue weighted by Gasteiger charge is -2.21. The number of aliphatic hydroxyl groups is 1. The van der Waals surface area contributed by atoms with Crippen molar-refractivity contribution in [2.24, 2.45) is 5.92 Å². The largest absolute Gasteiger partial charge is 0.396 e. The van der Waals surface area contributed by atoms with Gasteiger partial charge in [0.05, 0.1) is 6.54 Å². The standard InChI is InChI=1S/C12H24N2O2/c1-3-4-6-13(2)12(16)9-14-7-5-11(8-14)10-15/h11,15H,3-10H2,1-2H3/t11-/m0/s1. The van der Waals surface area contributed by atoms with E-state index in [9.17, 15) is 4.79 Å². The molecule has 0 aromatic heterocycles. The highest BCUT2D eigenvalue weighted by atomic mass is 16.3. The van der Waals surface area contributed by atoms with Gasteiger partial charge in [0.2, 0.25) is 5.91 Å². The number of carbonyl (C=O) groups excluding carboxylic acids is 1. The molecule has 0 radical (unpaired) electrons. The van der Waals surface area contributed by atoms with Crippen molar-refractivity contribution >= 4 is 5.91 Å². The number of unbranched alkanes of at least 4 members (excludes halogenated alkanes) is 1. The van der Waals surface area contributed by atoms with Gasteiger partial charge in [-0.3, -0.25) is 9.69 Å². The van der Waals surface area contributed by atoms with Gasteiger partial charge in [0.1, 0.15) is 0 Å². The van der Waals surface area contributed by atoms with Crippen LogP contribution in [0.5, 0.6) is 0 Å². The smallest absolute Gasteiger partial charge is 0.236 e. The van der Waals surface area contributed by atoms with Crippen LogP contribution in [0.1, 0.15) is 26.2 Å². The minimum atomic E-state index is 0.201. The molecule has 1 aliphatic heterocycles. The molecule has 94 valence electrons. The maximum atomic E-state index is 11.8. The zero-order valence-electron chi connectivity index (χ0n) is 10.5. The molecule has 1 N–H and O–H groups in total. The Morgan fingerprint density at radius 2 is 2.31 bits per heavy atom. The molecule has 0 aliphatic carbocycles.